The Balaban J connectivity index is 2.31. The number of hydrogen-bond acceptors (Lipinski definition) is 4. The minimum Gasteiger partial charge on any atom is -0.369 e. The van der Waals surface area contributed by atoms with Crippen molar-refractivity contribution in [3.63, 3.8) is 0 Å². The molecule has 4 nitrogen and oxygen atoms in total. The van der Waals surface area contributed by atoms with Crippen LogP contribution < -0.4 is 10.2 Å². The first-order valence-electron chi connectivity index (χ1n) is 6.81. The van der Waals surface area contributed by atoms with Crippen LogP contribution in [0, 0.1) is 0 Å². The molecule has 0 atom stereocenters. The van der Waals surface area contributed by atoms with Gasteiger partial charge in [-0.1, -0.05) is 6.92 Å². The molecule has 1 N–H and O–H groups in total. The van der Waals surface area contributed by atoms with Gasteiger partial charge in [-0.25, -0.2) is 4.98 Å². The highest BCUT2D eigenvalue weighted by molar-refractivity contribution is 9.10. The highest BCUT2D eigenvalue weighted by Crippen LogP contribution is 2.27. The van der Waals surface area contributed by atoms with Gasteiger partial charge in [-0.05, 0) is 48.5 Å². The average Bonchev–Trinajstić information content (AvgIpc) is 2.42. The fourth-order valence-electron chi connectivity index (χ4n) is 2.23. The van der Waals surface area contributed by atoms with Crippen LogP contribution in [0.1, 0.15) is 38.8 Å². The molecule has 0 aliphatic carbocycles. The van der Waals surface area contributed by atoms with Crippen molar-refractivity contribution in [2.45, 2.75) is 39.5 Å². The molecule has 0 radical (unpaired) electrons. The van der Waals surface area contributed by atoms with Gasteiger partial charge >= 0.3 is 0 Å². The van der Waals surface area contributed by atoms with E-state index >= 15 is 0 Å². The molecule has 2 rings (SSSR count). The fraction of sp³-hybridized carbons (Fsp3) is 0.692. The van der Waals surface area contributed by atoms with E-state index in [1.807, 2.05) is 0 Å². The minimum absolute atomic E-state index is 0.873. The van der Waals surface area contributed by atoms with Gasteiger partial charge in [0.2, 0.25) is 5.95 Å². The monoisotopic (exact) mass is 312 g/mol. The van der Waals surface area contributed by atoms with Gasteiger partial charge in [0, 0.05) is 19.6 Å². The molecule has 0 bridgehead atoms. The molecule has 1 saturated heterocycles. The first-order chi connectivity index (χ1) is 8.76. The van der Waals surface area contributed by atoms with Crippen molar-refractivity contribution < 1.29 is 0 Å². The van der Waals surface area contributed by atoms with Crippen molar-refractivity contribution >= 4 is 27.7 Å². The summed E-state index contributed by atoms with van der Waals surface area (Å²) >= 11 is 3.59. The second-order valence-corrected chi connectivity index (χ2v) is 5.36. The quantitative estimate of drug-likeness (QED) is 0.926. The van der Waals surface area contributed by atoms with Gasteiger partial charge in [0.1, 0.15) is 5.82 Å². The normalized spacial score (nSPS) is 15.8. The maximum atomic E-state index is 4.69. The lowest BCUT2D eigenvalue weighted by molar-refractivity contribution is 0.567. The van der Waals surface area contributed by atoms with E-state index in [2.05, 4.69) is 50.0 Å². The Morgan fingerprint density at radius 1 is 1.17 bits per heavy atom. The molecule has 1 aromatic heterocycles. The molecule has 100 valence electrons. The number of anilines is 2. The van der Waals surface area contributed by atoms with Gasteiger partial charge in [-0.3, -0.25) is 0 Å². The molecule has 0 spiro atoms. The van der Waals surface area contributed by atoms with E-state index < -0.39 is 0 Å². The van der Waals surface area contributed by atoms with Crippen molar-refractivity contribution in [3.8, 4) is 0 Å². The Hall–Kier alpha value is -0.840. The fourth-order valence-corrected chi connectivity index (χ4v) is 2.83. The van der Waals surface area contributed by atoms with Crippen LogP contribution >= 0.6 is 15.9 Å². The summed E-state index contributed by atoms with van der Waals surface area (Å²) in [6.07, 6.45) is 4.74. The number of rotatable bonds is 4. The third-order valence-corrected chi connectivity index (χ3v) is 4.06. The second kappa shape index (κ2) is 6.36. The molecular formula is C13H21BrN4. The van der Waals surface area contributed by atoms with E-state index in [9.17, 15) is 0 Å². The topological polar surface area (TPSA) is 41.1 Å². The van der Waals surface area contributed by atoms with E-state index in [-0.39, 0.29) is 0 Å². The Bertz CT molecular complexity index is 402. The van der Waals surface area contributed by atoms with Crippen molar-refractivity contribution in [1.82, 2.24) is 9.97 Å². The van der Waals surface area contributed by atoms with E-state index in [0.29, 0.717) is 0 Å². The Labute approximate surface area is 117 Å². The van der Waals surface area contributed by atoms with Crippen LogP contribution in [0.2, 0.25) is 0 Å². The second-order valence-electron chi connectivity index (χ2n) is 4.56. The van der Waals surface area contributed by atoms with Crippen LogP contribution in [0.5, 0.6) is 0 Å². The molecule has 5 heteroatoms. The Morgan fingerprint density at radius 2 is 1.89 bits per heavy atom. The number of hydrogen-bond donors (Lipinski definition) is 1. The van der Waals surface area contributed by atoms with Gasteiger partial charge < -0.3 is 10.2 Å². The minimum atomic E-state index is 0.873. The van der Waals surface area contributed by atoms with E-state index in [0.717, 1.165) is 48.0 Å². The summed E-state index contributed by atoms with van der Waals surface area (Å²) in [5, 5.41) is 3.31. The van der Waals surface area contributed by atoms with Gasteiger partial charge in [0.25, 0.3) is 0 Å². The first-order valence-corrected chi connectivity index (χ1v) is 7.60. The number of aryl methyl sites for hydroxylation is 1. The summed E-state index contributed by atoms with van der Waals surface area (Å²) in [5.74, 6) is 1.80. The standard InChI is InChI=1S/C13H21BrN4/c1-3-10-11(14)12(15-4-2)17-13(16-10)18-8-6-5-7-9-18/h3-9H2,1-2H3,(H,15,16,17). The van der Waals surface area contributed by atoms with Gasteiger partial charge in [0.05, 0.1) is 10.2 Å². The van der Waals surface area contributed by atoms with Gasteiger partial charge in [-0.2, -0.15) is 4.98 Å². The van der Waals surface area contributed by atoms with Crippen LogP contribution in [0.15, 0.2) is 4.47 Å². The molecule has 1 fully saturated rings. The largest absolute Gasteiger partial charge is 0.369 e. The molecule has 2 heterocycles. The van der Waals surface area contributed by atoms with E-state index in [1.165, 1.54) is 19.3 Å². The summed E-state index contributed by atoms with van der Waals surface area (Å²) in [6.45, 7) is 7.24. The number of aromatic nitrogens is 2. The number of nitrogens with zero attached hydrogens (tertiary/aromatic N) is 3. The third kappa shape index (κ3) is 2.94. The van der Waals surface area contributed by atoms with Crippen LogP contribution in [0.25, 0.3) is 0 Å². The van der Waals surface area contributed by atoms with Crippen LogP contribution in [-0.4, -0.2) is 29.6 Å². The molecule has 1 aliphatic heterocycles. The van der Waals surface area contributed by atoms with E-state index in [4.69, 9.17) is 0 Å². The maximum Gasteiger partial charge on any atom is 0.227 e. The van der Waals surface area contributed by atoms with Crippen molar-refractivity contribution in [2.75, 3.05) is 29.9 Å². The van der Waals surface area contributed by atoms with Gasteiger partial charge in [0.15, 0.2) is 0 Å². The van der Waals surface area contributed by atoms with Crippen LogP contribution in [0.4, 0.5) is 11.8 Å². The van der Waals surface area contributed by atoms with Crippen LogP contribution in [0.3, 0.4) is 0 Å². The average molecular weight is 313 g/mol. The van der Waals surface area contributed by atoms with Crippen LogP contribution in [-0.2, 0) is 6.42 Å². The molecule has 0 unspecified atom stereocenters. The lowest BCUT2D eigenvalue weighted by Gasteiger charge is -2.27. The zero-order valence-corrected chi connectivity index (χ0v) is 12.8. The molecule has 0 saturated carbocycles. The zero-order chi connectivity index (χ0) is 13.0. The lowest BCUT2D eigenvalue weighted by atomic mass is 10.1. The smallest absolute Gasteiger partial charge is 0.227 e. The number of piperidine rings is 1. The Kier molecular flexibility index (Phi) is 4.80. The predicted octanol–water partition coefficient (Wildman–Crippen LogP) is 3.22. The van der Waals surface area contributed by atoms with Gasteiger partial charge in [-0.15, -0.1) is 0 Å². The van der Waals surface area contributed by atoms with Crippen molar-refractivity contribution in [2.24, 2.45) is 0 Å². The highest BCUT2D eigenvalue weighted by atomic mass is 79.9. The van der Waals surface area contributed by atoms with E-state index in [1.54, 1.807) is 0 Å². The first kappa shape index (κ1) is 13.6. The Morgan fingerprint density at radius 3 is 2.50 bits per heavy atom. The summed E-state index contributed by atoms with van der Waals surface area (Å²) in [5.41, 5.74) is 1.08. The summed E-state index contributed by atoms with van der Waals surface area (Å²) in [4.78, 5) is 11.6. The maximum absolute atomic E-state index is 4.69. The summed E-state index contributed by atoms with van der Waals surface area (Å²) < 4.78 is 1.01. The molecule has 18 heavy (non-hydrogen) atoms. The lowest BCUT2D eigenvalue weighted by Crippen LogP contribution is -2.31. The number of nitrogens with one attached hydrogen (secondary N) is 1. The SMILES string of the molecule is CCNc1nc(N2CCCCC2)nc(CC)c1Br. The summed E-state index contributed by atoms with van der Waals surface area (Å²) in [6, 6.07) is 0. The zero-order valence-electron chi connectivity index (χ0n) is 11.2. The summed E-state index contributed by atoms with van der Waals surface area (Å²) in [7, 11) is 0. The molecular weight excluding hydrogens is 292 g/mol. The van der Waals surface area contributed by atoms with Crippen molar-refractivity contribution in [1.29, 1.82) is 0 Å². The molecule has 0 amide bonds. The van der Waals surface area contributed by atoms with Crippen molar-refractivity contribution in [3.05, 3.63) is 10.2 Å². The third-order valence-electron chi connectivity index (χ3n) is 3.23. The highest BCUT2D eigenvalue weighted by Gasteiger charge is 2.17. The number of halogens is 1. The predicted molar refractivity (Wildman–Crippen MR) is 79.3 cm³/mol. The molecule has 1 aromatic rings. The molecule has 1 aliphatic rings. The molecule has 0 aromatic carbocycles.